The molecule has 14 heteroatoms. The Kier molecular flexibility index (Phi) is 10.5. The van der Waals surface area contributed by atoms with Crippen LogP contribution in [0, 0.1) is 0 Å². The Balaban J connectivity index is 2.81. The fourth-order valence-electron chi connectivity index (χ4n) is 2.55. The molecular weight excluding hydrogens is 412 g/mol. The summed E-state index contributed by atoms with van der Waals surface area (Å²) in [6.07, 6.45) is 2.73. The van der Waals surface area contributed by atoms with Crippen LogP contribution in [0.5, 0.6) is 0 Å². The van der Waals surface area contributed by atoms with Gasteiger partial charge in [-0.25, -0.2) is 9.78 Å². The average molecular weight is 440 g/mol. The predicted molar refractivity (Wildman–Crippen MR) is 109 cm³/mol. The van der Waals surface area contributed by atoms with Gasteiger partial charge in [-0.05, 0) is 19.3 Å². The normalized spacial score (nSPS) is 13.5. The number of H-pyrrole nitrogens is 1. The van der Waals surface area contributed by atoms with Crippen molar-refractivity contribution in [3.05, 3.63) is 18.2 Å². The molecule has 0 saturated heterocycles. The number of aliphatic imine (C=N–C) groups is 1. The first kappa shape index (κ1) is 25.4. The molecule has 0 aliphatic heterocycles. The van der Waals surface area contributed by atoms with E-state index in [9.17, 15) is 24.3 Å². The molecule has 1 rings (SSSR count). The molecule has 1 heterocycles. The van der Waals surface area contributed by atoms with Crippen molar-refractivity contribution in [3.8, 4) is 0 Å². The molecule has 0 unspecified atom stereocenters. The van der Waals surface area contributed by atoms with Gasteiger partial charge in [0.25, 0.3) is 0 Å². The number of carboxylic acids is 2. The van der Waals surface area contributed by atoms with Crippen LogP contribution >= 0.6 is 0 Å². The van der Waals surface area contributed by atoms with Crippen LogP contribution in [-0.4, -0.2) is 74.6 Å². The molecule has 31 heavy (non-hydrogen) atoms. The minimum Gasteiger partial charge on any atom is -0.481 e. The average Bonchev–Trinajstić information content (AvgIpc) is 3.20. The summed E-state index contributed by atoms with van der Waals surface area (Å²) < 4.78 is 0. The summed E-state index contributed by atoms with van der Waals surface area (Å²) in [6, 6.07) is -3.55. The molecule has 0 saturated carbocycles. The molecule has 1 aromatic rings. The van der Waals surface area contributed by atoms with Crippen LogP contribution in [0.4, 0.5) is 0 Å². The zero-order valence-corrected chi connectivity index (χ0v) is 16.8. The van der Waals surface area contributed by atoms with E-state index in [0.29, 0.717) is 12.1 Å². The van der Waals surface area contributed by atoms with Gasteiger partial charge < -0.3 is 43.0 Å². The van der Waals surface area contributed by atoms with Crippen molar-refractivity contribution in [1.82, 2.24) is 20.6 Å². The quantitative estimate of drug-likeness (QED) is 0.0840. The maximum atomic E-state index is 12.7. The van der Waals surface area contributed by atoms with Crippen molar-refractivity contribution in [3.63, 3.8) is 0 Å². The van der Waals surface area contributed by atoms with E-state index in [0.717, 1.165) is 0 Å². The van der Waals surface area contributed by atoms with Gasteiger partial charge in [-0.15, -0.1) is 0 Å². The van der Waals surface area contributed by atoms with E-state index in [1.807, 2.05) is 0 Å². The molecule has 0 aromatic carbocycles. The number of aliphatic carboxylic acids is 2. The summed E-state index contributed by atoms with van der Waals surface area (Å²) in [4.78, 5) is 57.6. The first-order valence-corrected chi connectivity index (χ1v) is 9.43. The summed E-state index contributed by atoms with van der Waals surface area (Å²) in [6.45, 7) is 0.189. The molecule has 14 nitrogen and oxygen atoms in total. The van der Waals surface area contributed by atoms with E-state index in [-0.39, 0.29) is 38.2 Å². The predicted octanol–water partition coefficient (Wildman–Crippen LogP) is -2.75. The number of aromatic nitrogens is 2. The minimum absolute atomic E-state index is 0.0104. The van der Waals surface area contributed by atoms with Gasteiger partial charge in [0.2, 0.25) is 11.8 Å². The van der Waals surface area contributed by atoms with Crippen molar-refractivity contribution in [2.75, 3.05) is 6.54 Å². The highest BCUT2D eigenvalue weighted by Crippen LogP contribution is 2.04. The van der Waals surface area contributed by atoms with E-state index in [1.54, 1.807) is 0 Å². The van der Waals surface area contributed by atoms with Crippen molar-refractivity contribution < 1.29 is 29.4 Å². The van der Waals surface area contributed by atoms with Crippen molar-refractivity contribution >= 4 is 29.7 Å². The second-order valence-electron chi connectivity index (χ2n) is 6.73. The van der Waals surface area contributed by atoms with E-state index >= 15 is 0 Å². The fourth-order valence-corrected chi connectivity index (χ4v) is 2.55. The van der Waals surface area contributed by atoms with Crippen LogP contribution in [-0.2, 0) is 25.6 Å². The molecule has 1 aromatic heterocycles. The van der Waals surface area contributed by atoms with Gasteiger partial charge in [-0.2, -0.15) is 0 Å². The van der Waals surface area contributed by atoms with Crippen LogP contribution in [0.15, 0.2) is 17.5 Å². The van der Waals surface area contributed by atoms with Crippen LogP contribution in [0.3, 0.4) is 0 Å². The van der Waals surface area contributed by atoms with Gasteiger partial charge in [0.05, 0.1) is 12.4 Å². The summed E-state index contributed by atoms with van der Waals surface area (Å²) in [5.74, 6) is -3.98. The smallest absolute Gasteiger partial charge is 0.326 e. The largest absolute Gasteiger partial charge is 0.481 e. The molecule has 3 atom stereocenters. The number of guanidine groups is 1. The number of amides is 2. The maximum Gasteiger partial charge on any atom is 0.326 e. The number of imidazole rings is 1. The molecule has 0 fully saturated rings. The Bertz CT molecular complexity index is 778. The lowest BCUT2D eigenvalue weighted by molar-refractivity contribution is -0.142. The molecule has 2 amide bonds. The summed E-state index contributed by atoms with van der Waals surface area (Å²) >= 11 is 0. The lowest BCUT2D eigenvalue weighted by atomic mass is 10.1. The van der Waals surface area contributed by atoms with Crippen LogP contribution in [0.2, 0.25) is 0 Å². The Morgan fingerprint density at radius 3 is 2.32 bits per heavy atom. The van der Waals surface area contributed by atoms with Gasteiger partial charge in [0.15, 0.2) is 5.96 Å². The lowest BCUT2D eigenvalue weighted by Crippen LogP contribution is -2.55. The van der Waals surface area contributed by atoms with Crippen LogP contribution in [0.25, 0.3) is 0 Å². The van der Waals surface area contributed by atoms with Crippen LogP contribution < -0.4 is 27.8 Å². The second-order valence-corrected chi connectivity index (χ2v) is 6.73. The number of aromatic amines is 1. The highest BCUT2D eigenvalue weighted by molar-refractivity contribution is 5.92. The van der Waals surface area contributed by atoms with E-state index in [2.05, 4.69) is 25.6 Å². The number of nitrogens with zero attached hydrogens (tertiary/aromatic N) is 2. The lowest BCUT2D eigenvalue weighted by Gasteiger charge is -2.22. The Morgan fingerprint density at radius 1 is 1.10 bits per heavy atom. The number of nitrogens with one attached hydrogen (secondary N) is 3. The number of carbonyl (C=O) groups excluding carboxylic acids is 2. The molecule has 11 N–H and O–H groups in total. The van der Waals surface area contributed by atoms with E-state index in [4.69, 9.17) is 22.3 Å². The number of rotatable bonds is 14. The zero-order chi connectivity index (χ0) is 23.4. The number of nitrogens with two attached hydrogens (primary N) is 3. The first-order chi connectivity index (χ1) is 14.6. The van der Waals surface area contributed by atoms with Gasteiger partial charge in [-0.3, -0.25) is 19.4 Å². The van der Waals surface area contributed by atoms with Gasteiger partial charge >= 0.3 is 11.9 Å². The number of carboxylic acid groups (broad SMARTS) is 2. The van der Waals surface area contributed by atoms with Crippen LogP contribution in [0.1, 0.15) is 31.4 Å². The van der Waals surface area contributed by atoms with Crippen molar-refractivity contribution in [1.29, 1.82) is 0 Å². The Morgan fingerprint density at radius 2 is 1.77 bits per heavy atom. The topological polar surface area (TPSA) is 252 Å². The Labute approximate surface area is 177 Å². The third kappa shape index (κ3) is 10.1. The van der Waals surface area contributed by atoms with Crippen molar-refractivity contribution in [2.24, 2.45) is 22.2 Å². The first-order valence-electron chi connectivity index (χ1n) is 9.43. The van der Waals surface area contributed by atoms with E-state index in [1.165, 1.54) is 12.5 Å². The zero-order valence-electron chi connectivity index (χ0n) is 16.8. The number of hydrogen-bond donors (Lipinski definition) is 8. The third-order valence-corrected chi connectivity index (χ3v) is 4.18. The van der Waals surface area contributed by atoms with Gasteiger partial charge in [0.1, 0.15) is 12.1 Å². The third-order valence-electron chi connectivity index (χ3n) is 4.18. The maximum absolute atomic E-state index is 12.7. The minimum atomic E-state index is -1.26. The highest BCUT2D eigenvalue weighted by Gasteiger charge is 2.28. The molecule has 0 aliphatic carbocycles. The van der Waals surface area contributed by atoms with Gasteiger partial charge in [0, 0.05) is 31.3 Å². The van der Waals surface area contributed by atoms with Crippen molar-refractivity contribution in [2.45, 2.75) is 50.2 Å². The molecular formula is C17H28N8O6. The molecule has 0 aliphatic rings. The van der Waals surface area contributed by atoms with Gasteiger partial charge in [-0.1, -0.05) is 0 Å². The summed E-state index contributed by atoms with van der Waals surface area (Å²) in [5.41, 5.74) is 16.6. The molecule has 0 radical (unpaired) electrons. The molecule has 172 valence electrons. The second kappa shape index (κ2) is 12.8. The monoisotopic (exact) mass is 440 g/mol. The summed E-state index contributed by atoms with van der Waals surface area (Å²) in [7, 11) is 0. The fraction of sp³-hybridized carbons (Fsp3) is 0.529. The summed E-state index contributed by atoms with van der Waals surface area (Å²) in [5, 5.41) is 22.9. The standard InChI is InChI=1S/C17H28N8O6/c18-10(3-4-13(26)27)14(28)25-12(6-9-7-21-8-23-9)15(29)24-11(16(30)31)2-1-5-22-17(19)20/h7-8,10-12H,1-6,18H2,(H,21,23)(H,24,29)(H,25,28)(H,26,27)(H,30,31)(H4,19,20,22)/t10-,11-,12-/m0/s1. The Hall–Kier alpha value is -3.68. The molecule has 0 spiro atoms. The highest BCUT2D eigenvalue weighted by atomic mass is 16.4. The number of hydrogen-bond acceptors (Lipinski definition) is 7. The molecule has 0 bridgehead atoms. The van der Waals surface area contributed by atoms with E-state index < -0.39 is 41.9 Å². The number of carbonyl (C=O) groups is 4. The SMILES string of the molecule is NC(N)=NCCC[C@H](NC(=O)[C@H](Cc1cnc[nH]1)NC(=O)[C@@H](N)CCC(=O)O)C(=O)O.